The Balaban J connectivity index is 1.13. The summed E-state index contributed by atoms with van der Waals surface area (Å²) in [5, 5.41) is 0. The quantitative estimate of drug-likeness (QED) is 0.0584. The number of hydrogen-bond donors (Lipinski definition) is 0. The summed E-state index contributed by atoms with van der Waals surface area (Å²) in [5.74, 6) is 0.344. The summed E-state index contributed by atoms with van der Waals surface area (Å²) in [6, 6.07) is 25.7. The predicted molar refractivity (Wildman–Crippen MR) is 230 cm³/mol. The van der Waals surface area contributed by atoms with Gasteiger partial charge in [0.1, 0.15) is 0 Å². The van der Waals surface area contributed by atoms with E-state index in [0.29, 0.717) is 0 Å². The first-order valence-corrected chi connectivity index (χ1v) is 24.8. The van der Waals surface area contributed by atoms with E-state index in [-0.39, 0.29) is 40.8 Å². The number of carbonyl (C=O) groups is 2. The van der Waals surface area contributed by atoms with Crippen LogP contribution in [0.2, 0.25) is 0 Å². The van der Waals surface area contributed by atoms with Gasteiger partial charge in [-0.15, -0.1) is 0 Å². The van der Waals surface area contributed by atoms with Crippen LogP contribution in [0.15, 0.2) is 72.8 Å². The molecular weight excluding hydrogens is 794 g/mol. The molecule has 6 rings (SSSR count). The average molecular weight is 857 g/mol. The van der Waals surface area contributed by atoms with E-state index in [1.165, 1.54) is 132 Å². The molecule has 6 heteroatoms. The van der Waals surface area contributed by atoms with Crippen LogP contribution in [0.1, 0.15) is 153 Å². The summed E-state index contributed by atoms with van der Waals surface area (Å²) < 4.78 is 5.05. The Morgan fingerprint density at radius 1 is 0.389 bits per heavy atom. The Bertz CT molecular complexity index is 1900. The van der Waals surface area contributed by atoms with Crippen LogP contribution >= 0.6 is 0 Å². The van der Waals surface area contributed by atoms with Crippen LogP contribution < -0.4 is 18.0 Å². The van der Waals surface area contributed by atoms with Crippen LogP contribution in [-0.4, -0.2) is 53.9 Å². The molecular formula is C48H62N2O2Se2. The van der Waals surface area contributed by atoms with Gasteiger partial charge in [0.05, 0.1) is 0 Å². The van der Waals surface area contributed by atoms with Crippen molar-refractivity contribution in [2.75, 3.05) is 22.9 Å². The van der Waals surface area contributed by atoms with Gasteiger partial charge in [-0.3, -0.25) is 0 Å². The first-order chi connectivity index (χ1) is 26.6. The van der Waals surface area contributed by atoms with Gasteiger partial charge in [-0.2, -0.15) is 0 Å². The molecule has 0 saturated carbocycles. The number of benzene rings is 2. The van der Waals surface area contributed by atoms with Crippen LogP contribution in [0.3, 0.4) is 0 Å². The first-order valence-electron chi connectivity index (χ1n) is 21.4. The monoisotopic (exact) mass is 858 g/mol. The molecule has 0 unspecified atom stereocenters. The van der Waals surface area contributed by atoms with Gasteiger partial charge >= 0.3 is 286 Å². The summed E-state index contributed by atoms with van der Waals surface area (Å²) in [6.07, 6.45) is 25.9. The standard InChI is InChI=1S/C48H62N2O2Se2/c1-3-5-7-9-11-13-15-17-19-25-35-49-39-29-23-21-27-37(39)45(47(49)51)43-33-31-41(53-43)42-32-34-44(54-42)46-38-28-22-24-30-40(38)50(48(46)52)36-26-20-18-16-14-12-10-8-6-4-2/h21-24,27-34H,3-20,25-26,35-36H2,1-2H3/b42-41-,45-43+,46-44+. The zero-order chi connectivity index (χ0) is 37.5. The van der Waals surface area contributed by atoms with E-state index in [1.54, 1.807) is 0 Å². The maximum atomic E-state index is 14.0. The van der Waals surface area contributed by atoms with Gasteiger partial charge in [-0.05, 0) is 0 Å². The molecule has 2 aliphatic rings. The maximum absolute atomic E-state index is 14.0. The van der Waals surface area contributed by atoms with Gasteiger partial charge in [0.15, 0.2) is 0 Å². The van der Waals surface area contributed by atoms with Crippen LogP contribution in [0.25, 0.3) is 11.1 Å². The number of carbonyl (C=O) groups excluding carboxylic acids is 2. The van der Waals surface area contributed by atoms with Gasteiger partial charge in [-0.1, -0.05) is 52.4 Å². The number of anilines is 2. The molecule has 2 amide bonds. The number of nitrogens with zero attached hydrogens (tertiary/aromatic N) is 2. The van der Waals surface area contributed by atoms with Crippen LogP contribution in [0, 0.1) is 8.19 Å². The molecule has 4 heterocycles. The topological polar surface area (TPSA) is 40.6 Å². The second-order valence-corrected chi connectivity index (χ2v) is 19.9. The minimum atomic E-state index is 0.0475. The van der Waals surface area contributed by atoms with E-state index >= 15 is 0 Å². The number of unbranched alkanes of at least 4 members (excludes halogenated alkanes) is 18. The van der Waals surface area contributed by atoms with Gasteiger partial charge in [0.2, 0.25) is 0 Å². The number of amides is 2. The molecule has 54 heavy (non-hydrogen) atoms. The Morgan fingerprint density at radius 3 is 1.07 bits per heavy atom. The third-order valence-corrected chi connectivity index (χ3v) is 16.7. The van der Waals surface area contributed by atoms with Crippen molar-refractivity contribution in [2.45, 2.75) is 142 Å². The summed E-state index contributed by atoms with van der Waals surface area (Å²) in [4.78, 5) is 32.2. The van der Waals surface area contributed by atoms with Gasteiger partial charge < -0.3 is 0 Å². The molecule has 0 saturated heterocycles. The Morgan fingerprint density at radius 2 is 0.704 bits per heavy atom. The molecule has 0 N–H and O–H groups in total. The molecule has 0 fully saturated rings. The van der Waals surface area contributed by atoms with Crippen molar-refractivity contribution >= 4 is 63.3 Å². The zero-order valence-corrected chi connectivity index (χ0v) is 36.4. The summed E-state index contributed by atoms with van der Waals surface area (Å²) in [6.45, 7) is 6.14. The van der Waals surface area contributed by atoms with Crippen LogP contribution in [0.4, 0.5) is 11.4 Å². The first kappa shape index (κ1) is 40.8. The molecule has 0 aliphatic carbocycles. The molecule has 0 radical (unpaired) electrons. The second kappa shape index (κ2) is 21.4. The SMILES string of the molecule is CCCCCCCCCCCCN1C(=O)/C(=c2\cc/c(=c3\cc/c(=C4\C(=O)N(CCCCCCCCCCCC)c5ccccc54)[se]3)[se]2)c2ccccc21. The van der Waals surface area contributed by atoms with Crippen LogP contribution in [0.5, 0.6) is 0 Å². The van der Waals surface area contributed by atoms with Gasteiger partial charge in [0.25, 0.3) is 0 Å². The van der Waals surface area contributed by atoms with Crippen molar-refractivity contribution in [3.05, 3.63) is 100 Å². The fourth-order valence-electron chi connectivity index (χ4n) is 8.20. The van der Waals surface area contributed by atoms with E-state index in [0.717, 1.165) is 59.6 Å². The van der Waals surface area contributed by atoms with Crippen molar-refractivity contribution in [1.82, 2.24) is 0 Å². The third kappa shape index (κ3) is 10.3. The van der Waals surface area contributed by atoms with E-state index in [9.17, 15) is 9.59 Å². The Kier molecular flexibility index (Phi) is 16.2. The average Bonchev–Trinajstić information content (AvgIpc) is 3.97. The van der Waals surface area contributed by atoms with Crippen molar-refractivity contribution < 1.29 is 9.59 Å². The number of fused-ring (bicyclic) bond motifs is 2. The summed E-state index contributed by atoms with van der Waals surface area (Å²) in [7, 11) is 0. The van der Waals surface area contributed by atoms with Crippen molar-refractivity contribution in [3.8, 4) is 0 Å². The fraction of sp³-hybridized carbons (Fsp3) is 0.500. The Hall–Kier alpha value is -2.88. The normalized spacial score (nSPS) is 16.5. The van der Waals surface area contributed by atoms with Gasteiger partial charge in [0, 0.05) is 0 Å². The molecule has 4 aromatic rings. The zero-order valence-electron chi connectivity index (χ0n) is 33.0. The van der Waals surface area contributed by atoms with E-state index in [1.807, 2.05) is 9.80 Å². The molecule has 2 aromatic heterocycles. The van der Waals surface area contributed by atoms with E-state index < -0.39 is 0 Å². The number of hydrogen-bond acceptors (Lipinski definition) is 2. The van der Waals surface area contributed by atoms with Crippen molar-refractivity contribution in [2.24, 2.45) is 0 Å². The Labute approximate surface area is 336 Å². The van der Waals surface area contributed by atoms with Crippen LogP contribution in [-0.2, 0) is 9.59 Å². The van der Waals surface area contributed by atoms with Crippen molar-refractivity contribution in [3.63, 3.8) is 0 Å². The predicted octanol–water partition coefficient (Wildman–Crippen LogP) is 10.0. The molecule has 2 aliphatic heterocycles. The fourth-order valence-corrected chi connectivity index (χ4v) is 13.2. The summed E-state index contributed by atoms with van der Waals surface area (Å²) >= 11 is 0.0951. The third-order valence-electron chi connectivity index (χ3n) is 11.3. The van der Waals surface area contributed by atoms with E-state index in [2.05, 4.69) is 86.6 Å². The summed E-state index contributed by atoms with van der Waals surface area (Å²) in [5.41, 5.74) is 6.13. The molecule has 0 spiro atoms. The molecule has 4 nitrogen and oxygen atoms in total. The molecule has 288 valence electrons. The molecule has 2 aromatic carbocycles. The van der Waals surface area contributed by atoms with Crippen molar-refractivity contribution in [1.29, 1.82) is 0 Å². The molecule has 0 bridgehead atoms. The van der Waals surface area contributed by atoms with E-state index in [4.69, 9.17) is 0 Å². The number of rotatable bonds is 22. The van der Waals surface area contributed by atoms with Gasteiger partial charge in [-0.25, -0.2) is 0 Å². The number of para-hydroxylation sites is 2. The second-order valence-electron chi connectivity index (χ2n) is 15.4. The minimum absolute atomic E-state index is 0.0475. The molecule has 0 atom stereocenters.